The third-order valence-corrected chi connectivity index (χ3v) is 4.41. The first kappa shape index (κ1) is 15.0. The Morgan fingerprint density at radius 3 is 2.85 bits per heavy atom. The third-order valence-electron chi connectivity index (χ3n) is 3.38. The second-order valence-electron chi connectivity index (χ2n) is 5.18. The second-order valence-corrected chi connectivity index (χ2v) is 7.43. The normalized spacial score (nSPS) is 19.1. The first-order chi connectivity index (χ1) is 9.46. The molecule has 1 aliphatic rings. The lowest BCUT2D eigenvalue weighted by Gasteiger charge is -2.14. The molecule has 2 rings (SSSR count). The summed E-state index contributed by atoms with van der Waals surface area (Å²) in [6.45, 7) is 0.529. The Hall–Kier alpha value is -1.40. The van der Waals surface area contributed by atoms with Crippen molar-refractivity contribution >= 4 is 21.4 Å². The van der Waals surface area contributed by atoms with Crippen molar-refractivity contribution in [2.45, 2.75) is 25.3 Å². The highest BCUT2D eigenvalue weighted by Crippen LogP contribution is 2.21. The lowest BCUT2D eigenvalue weighted by molar-refractivity contribution is -0.118. The summed E-state index contributed by atoms with van der Waals surface area (Å²) >= 11 is 0. The van der Waals surface area contributed by atoms with E-state index in [1.165, 1.54) is 6.26 Å². The molecule has 1 unspecified atom stereocenters. The Bertz CT molecular complexity index is 584. The highest BCUT2D eigenvalue weighted by atomic mass is 32.2. The lowest BCUT2D eigenvalue weighted by atomic mass is 10.1. The van der Waals surface area contributed by atoms with Crippen LogP contribution in [-0.4, -0.2) is 38.9 Å². The average Bonchev–Trinajstić information content (AvgIpc) is 2.53. The second kappa shape index (κ2) is 6.37. The van der Waals surface area contributed by atoms with Crippen LogP contribution in [0.15, 0.2) is 24.3 Å². The SMILES string of the molecule is CS(=O)(=O)CCCNC1CCc2ccccc2NC1=O. The van der Waals surface area contributed by atoms with Gasteiger partial charge in [0.15, 0.2) is 0 Å². The van der Waals surface area contributed by atoms with Gasteiger partial charge in [-0.25, -0.2) is 8.42 Å². The van der Waals surface area contributed by atoms with E-state index in [9.17, 15) is 13.2 Å². The summed E-state index contributed by atoms with van der Waals surface area (Å²) in [7, 11) is -2.93. The molecule has 0 aliphatic carbocycles. The van der Waals surface area contributed by atoms with Gasteiger partial charge < -0.3 is 10.6 Å². The van der Waals surface area contributed by atoms with Gasteiger partial charge in [-0.05, 0) is 37.4 Å². The first-order valence-corrected chi connectivity index (χ1v) is 8.81. The molecule has 1 aliphatic heterocycles. The van der Waals surface area contributed by atoms with E-state index in [1.807, 2.05) is 24.3 Å². The summed E-state index contributed by atoms with van der Waals surface area (Å²) < 4.78 is 22.1. The number of sulfone groups is 1. The number of hydrogen-bond donors (Lipinski definition) is 2. The molecule has 0 radical (unpaired) electrons. The largest absolute Gasteiger partial charge is 0.324 e. The van der Waals surface area contributed by atoms with Crippen LogP contribution >= 0.6 is 0 Å². The van der Waals surface area contributed by atoms with E-state index >= 15 is 0 Å². The molecule has 1 atom stereocenters. The smallest absolute Gasteiger partial charge is 0.241 e. The Labute approximate surface area is 119 Å². The van der Waals surface area contributed by atoms with Crippen LogP contribution in [0.3, 0.4) is 0 Å². The fourth-order valence-corrected chi connectivity index (χ4v) is 2.99. The maximum Gasteiger partial charge on any atom is 0.241 e. The summed E-state index contributed by atoms with van der Waals surface area (Å²) in [6, 6.07) is 7.52. The minimum atomic E-state index is -2.93. The number of carbonyl (C=O) groups excluding carboxylic acids is 1. The average molecular weight is 296 g/mol. The molecule has 0 aromatic heterocycles. The lowest BCUT2D eigenvalue weighted by Crippen LogP contribution is -2.40. The molecule has 2 N–H and O–H groups in total. The van der Waals surface area contributed by atoms with Crippen LogP contribution in [0.25, 0.3) is 0 Å². The van der Waals surface area contributed by atoms with Gasteiger partial charge in [0.1, 0.15) is 9.84 Å². The molecule has 0 fully saturated rings. The number of aryl methyl sites for hydroxylation is 1. The van der Waals surface area contributed by atoms with E-state index in [4.69, 9.17) is 0 Å². The van der Waals surface area contributed by atoms with Crippen molar-refractivity contribution in [3.63, 3.8) is 0 Å². The van der Waals surface area contributed by atoms with Crippen molar-refractivity contribution < 1.29 is 13.2 Å². The van der Waals surface area contributed by atoms with Gasteiger partial charge in [0, 0.05) is 11.9 Å². The van der Waals surface area contributed by atoms with Crippen molar-refractivity contribution in [3.05, 3.63) is 29.8 Å². The summed E-state index contributed by atoms with van der Waals surface area (Å²) in [4.78, 5) is 12.1. The van der Waals surface area contributed by atoms with Crippen LogP contribution < -0.4 is 10.6 Å². The Morgan fingerprint density at radius 2 is 2.10 bits per heavy atom. The molecule has 1 aromatic rings. The predicted octanol–water partition coefficient (Wildman–Crippen LogP) is 0.964. The number of nitrogens with one attached hydrogen (secondary N) is 2. The molecule has 5 nitrogen and oxygen atoms in total. The molecule has 0 saturated heterocycles. The number of para-hydroxylation sites is 1. The summed E-state index contributed by atoms with van der Waals surface area (Å²) in [5.41, 5.74) is 2.01. The summed E-state index contributed by atoms with van der Waals surface area (Å²) in [5, 5.41) is 6.05. The molecule has 0 spiro atoms. The molecule has 1 amide bonds. The van der Waals surface area contributed by atoms with Crippen molar-refractivity contribution in [3.8, 4) is 0 Å². The van der Waals surface area contributed by atoms with Crippen molar-refractivity contribution in [1.82, 2.24) is 5.32 Å². The van der Waals surface area contributed by atoms with Gasteiger partial charge in [0.2, 0.25) is 5.91 Å². The number of amides is 1. The molecule has 20 heavy (non-hydrogen) atoms. The minimum absolute atomic E-state index is 0.0469. The monoisotopic (exact) mass is 296 g/mol. The van der Waals surface area contributed by atoms with Gasteiger partial charge in [-0.2, -0.15) is 0 Å². The van der Waals surface area contributed by atoms with E-state index in [2.05, 4.69) is 10.6 Å². The van der Waals surface area contributed by atoms with Crippen molar-refractivity contribution in [2.75, 3.05) is 23.9 Å². The summed E-state index contributed by atoms with van der Waals surface area (Å²) in [5.74, 6) is 0.100. The number of rotatable bonds is 5. The van der Waals surface area contributed by atoms with Crippen LogP contribution in [0.1, 0.15) is 18.4 Å². The number of benzene rings is 1. The van der Waals surface area contributed by atoms with E-state index < -0.39 is 9.84 Å². The van der Waals surface area contributed by atoms with E-state index in [0.717, 1.165) is 24.1 Å². The van der Waals surface area contributed by atoms with Gasteiger partial charge in [0.25, 0.3) is 0 Å². The molecule has 0 bridgehead atoms. The molecular formula is C14H20N2O3S. The Balaban J connectivity index is 1.87. The van der Waals surface area contributed by atoms with Gasteiger partial charge in [-0.1, -0.05) is 18.2 Å². The topological polar surface area (TPSA) is 75.3 Å². The third kappa shape index (κ3) is 4.31. The van der Waals surface area contributed by atoms with Gasteiger partial charge in [-0.15, -0.1) is 0 Å². The molecule has 0 saturated carbocycles. The van der Waals surface area contributed by atoms with Gasteiger partial charge in [-0.3, -0.25) is 4.79 Å². The van der Waals surface area contributed by atoms with Crippen LogP contribution in [-0.2, 0) is 21.1 Å². The van der Waals surface area contributed by atoms with Crippen molar-refractivity contribution in [1.29, 1.82) is 0 Å². The molecule has 6 heteroatoms. The standard InChI is InChI=1S/C14H20N2O3S/c1-20(18,19)10-4-9-15-13-8-7-11-5-2-3-6-12(11)16-14(13)17/h2-3,5-6,13,15H,4,7-10H2,1H3,(H,16,17). The molecule has 110 valence electrons. The Morgan fingerprint density at radius 1 is 1.35 bits per heavy atom. The fourth-order valence-electron chi connectivity index (χ4n) is 2.32. The van der Waals surface area contributed by atoms with Gasteiger partial charge >= 0.3 is 0 Å². The minimum Gasteiger partial charge on any atom is -0.324 e. The highest BCUT2D eigenvalue weighted by Gasteiger charge is 2.22. The zero-order chi connectivity index (χ0) is 14.6. The van der Waals surface area contributed by atoms with E-state index in [1.54, 1.807) is 0 Å². The summed E-state index contributed by atoms with van der Waals surface area (Å²) in [6.07, 6.45) is 3.30. The van der Waals surface area contributed by atoms with E-state index in [0.29, 0.717) is 13.0 Å². The van der Waals surface area contributed by atoms with Crippen LogP contribution in [0.4, 0.5) is 5.69 Å². The quantitative estimate of drug-likeness (QED) is 0.794. The van der Waals surface area contributed by atoms with Crippen LogP contribution in [0.5, 0.6) is 0 Å². The predicted molar refractivity (Wildman–Crippen MR) is 79.5 cm³/mol. The van der Waals surface area contributed by atoms with Crippen LogP contribution in [0.2, 0.25) is 0 Å². The maximum absolute atomic E-state index is 12.1. The zero-order valence-corrected chi connectivity index (χ0v) is 12.4. The molecule has 1 heterocycles. The van der Waals surface area contributed by atoms with Gasteiger partial charge in [0.05, 0.1) is 11.8 Å². The van der Waals surface area contributed by atoms with Crippen LogP contribution in [0, 0.1) is 0 Å². The molecular weight excluding hydrogens is 276 g/mol. The van der Waals surface area contributed by atoms with Crippen molar-refractivity contribution in [2.24, 2.45) is 0 Å². The fraction of sp³-hybridized carbons (Fsp3) is 0.500. The molecule has 1 aromatic carbocycles. The first-order valence-electron chi connectivity index (χ1n) is 6.75. The number of hydrogen-bond acceptors (Lipinski definition) is 4. The van der Waals surface area contributed by atoms with E-state index in [-0.39, 0.29) is 17.7 Å². The Kier molecular flexibility index (Phi) is 4.77. The zero-order valence-electron chi connectivity index (χ0n) is 11.6. The number of carbonyl (C=O) groups is 1. The highest BCUT2D eigenvalue weighted by molar-refractivity contribution is 7.90. The maximum atomic E-state index is 12.1. The number of anilines is 1. The number of fused-ring (bicyclic) bond motifs is 1.